The van der Waals surface area contributed by atoms with E-state index in [0.717, 1.165) is 39.0 Å². The Bertz CT molecular complexity index is 279. The van der Waals surface area contributed by atoms with Gasteiger partial charge in [0, 0.05) is 26.2 Å². The summed E-state index contributed by atoms with van der Waals surface area (Å²) in [6.45, 7) is 10.4. The van der Waals surface area contributed by atoms with Gasteiger partial charge in [-0.1, -0.05) is 0 Å². The van der Waals surface area contributed by atoms with Crippen molar-refractivity contribution in [3.8, 4) is 0 Å². The summed E-state index contributed by atoms with van der Waals surface area (Å²) in [7, 11) is 0. The van der Waals surface area contributed by atoms with E-state index in [1.165, 1.54) is 5.06 Å². The van der Waals surface area contributed by atoms with Crippen molar-refractivity contribution < 1.29 is 14.7 Å². The maximum Gasteiger partial charge on any atom is 0.407 e. The van der Waals surface area contributed by atoms with Gasteiger partial charge < -0.3 is 20.2 Å². The predicted octanol–water partition coefficient (Wildman–Crippen LogP) is 1.30. The van der Waals surface area contributed by atoms with E-state index in [1.54, 1.807) is 0 Å². The van der Waals surface area contributed by atoms with Gasteiger partial charge >= 0.3 is 6.09 Å². The Hall–Kier alpha value is -0.850. The Morgan fingerprint density at radius 1 is 1.26 bits per heavy atom. The van der Waals surface area contributed by atoms with Crippen molar-refractivity contribution in [3.05, 3.63) is 0 Å². The van der Waals surface area contributed by atoms with Crippen LogP contribution in [-0.4, -0.2) is 66.1 Å². The molecule has 6 heteroatoms. The minimum atomic E-state index is -0.445. The number of carbonyl (C=O) groups excluding carboxylic acids is 1. The highest BCUT2D eigenvalue weighted by Crippen LogP contribution is 2.06. The quantitative estimate of drug-likeness (QED) is 0.756. The largest absolute Gasteiger partial charge is 0.444 e. The van der Waals surface area contributed by atoms with Crippen molar-refractivity contribution in [2.24, 2.45) is 0 Å². The summed E-state index contributed by atoms with van der Waals surface area (Å²) in [4.78, 5) is 13.7. The second-order valence-electron chi connectivity index (χ2n) is 5.93. The molecule has 0 unspecified atom stereocenters. The average molecular weight is 273 g/mol. The third-order valence-corrected chi connectivity index (χ3v) is 2.88. The molecule has 0 spiro atoms. The molecule has 6 nitrogen and oxygen atoms in total. The molecule has 0 bridgehead atoms. The lowest BCUT2D eigenvalue weighted by molar-refractivity contribution is -0.0863. The van der Waals surface area contributed by atoms with Gasteiger partial charge in [-0.15, -0.1) is 0 Å². The summed E-state index contributed by atoms with van der Waals surface area (Å²) < 4.78 is 5.16. The van der Waals surface area contributed by atoms with E-state index >= 15 is 0 Å². The molecule has 1 aliphatic heterocycles. The van der Waals surface area contributed by atoms with Gasteiger partial charge in [0.2, 0.25) is 0 Å². The lowest BCUT2D eigenvalue weighted by Crippen LogP contribution is -2.35. The lowest BCUT2D eigenvalue weighted by atomic mass is 10.2. The topological polar surface area (TPSA) is 65.0 Å². The third-order valence-electron chi connectivity index (χ3n) is 2.88. The SMILES string of the molecule is CC(C)(C)OC(=O)NCCCN1CCCN(O)CC1. The molecule has 112 valence electrons. The number of hydrogen-bond acceptors (Lipinski definition) is 5. The summed E-state index contributed by atoms with van der Waals surface area (Å²) in [6.07, 6.45) is 1.52. The molecular weight excluding hydrogens is 246 g/mol. The van der Waals surface area contributed by atoms with Crippen LogP contribution in [0.3, 0.4) is 0 Å². The van der Waals surface area contributed by atoms with Crippen LogP contribution in [-0.2, 0) is 4.74 Å². The van der Waals surface area contributed by atoms with Crippen LogP contribution < -0.4 is 5.32 Å². The van der Waals surface area contributed by atoms with Crippen LogP contribution in [0, 0.1) is 0 Å². The smallest absolute Gasteiger partial charge is 0.407 e. The molecule has 19 heavy (non-hydrogen) atoms. The monoisotopic (exact) mass is 273 g/mol. The molecule has 0 saturated carbocycles. The Balaban J connectivity index is 2.08. The van der Waals surface area contributed by atoms with Crippen molar-refractivity contribution in [1.82, 2.24) is 15.3 Å². The molecule has 0 aliphatic carbocycles. The van der Waals surface area contributed by atoms with Crippen LogP contribution in [0.4, 0.5) is 4.79 Å². The number of hydrogen-bond donors (Lipinski definition) is 2. The normalized spacial score (nSPS) is 18.9. The first-order chi connectivity index (χ1) is 8.87. The molecule has 1 amide bonds. The highest BCUT2D eigenvalue weighted by atomic mass is 16.6. The summed E-state index contributed by atoms with van der Waals surface area (Å²) in [6, 6.07) is 0. The molecule has 0 aromatic heterocycles. The molecule has 1 aliphatic rings. The van der Waals surface area contributed by atoms with Crippen molar-refractivity contribution in [3.63, 3.8) is 0 Å². The molecule has 1 saturated heterocycles. The summed E-state index contributed by atoms with van der Waals surface area (Å²) in [5.41, 5.74) is -0.445. The zero-order valence-electron chi connectivity index (χ0n) is 12.3. The Labute approximate surface area is 115 Å². The Morgan fingerprint density at radius 3 is 2.68 bits per heavy atom. The van der Waals surface area contributed by atoms with Crippen molar-refractivity contribution in [2.45, 2.75) is 39.2 Å². The van der Waals surface area contributed by atoms with Crippen LogP contribution in [0.1, 0.15) is 33.6 Å². The van der Waals surface area contributed by atoms with Crippen LogP contribution in [0.25, 0.3) is 0 Å². The first-order valence-corrected chi connectivity index (χ1v) is 7.00. The number of nitrogens with zero attached hydrogens (tertiary/aromatic N) is 2. The second kappa shape index (κ2) is 7.67. The molecule has 1 heterocycles. The van der Waals surface area contributed by atoms with E-state index < -0.39 is 5.60 Å². The fraction of sp³-hybridized carbons (Fsp3) is 0.923. The van der Waals surface area contributed by atoms with Crippen LogP contribution >= 0.6 is 0 Å². The molecule has 0 radical (unpaired) electrons. The number of amides is 1. The van der Waals surface area contributed by atoms with E-state index in [2.05, 4.69) is 10.2 Å². The van der Waals surface area contributed by atoms with Gasteiger partial charge in [-0.3, -0.25) is 0 Å². The maximum absolute atomic E-state index is 11.4. The van der Waals surface area contributed by atoms with Crippen molar-refractivity contribution >= 4 is 6.09 Å². The highest BCUT2D eigenvalue weighted by molar-refractivity contribution is 5.67. The fourth-order valence-corrected chi connectivity index (χ4v) is 1.99. The molecule has 0 atom stereocenters. The first kappa shape index (κ1) is 16.2. The standard InChI is InChI=1S/C13H27N3O3/c1-13(2,3)19-12(17)14-6-4-7-15-8-5-9-16(18)11-10-15/h18H,4-11H2,1-3H3,(H,14,17). The number of ether oxygens (including phenoxy) is 1. The number of alkyl carbamates (subject to hydrolysis) is 1. The van der Waals surface area contributed by atoms with Gasteiger partial charge in [-0.2, -0.15) is 5.06 Å². The molecule has 0 aromatic carbocycles. The molecule has 2 N–H and O–H groups in total. The average Bonchev–Trinajstić information content (AvgIpc) is 2.47. The summed E-state index contributed by atoms with van der Waals surface area (Å²) in [5, 5.41) is 13.5. The van der Waals surface area contributed by atoms with Gasteiger partial charge in [0.1, 0.15) is 5.60 Å². The third kappa shape index (κ3) is 8.02. The van der Waals surface area contributed by atoms with Crippen LogP contribution in [0.5, 0.6) is 0 Å². The second-order valence-corrected chi connectivity index (χ2v) is 5.93. The van der Waals surface area contributed by atoms with E-state index in [1.807, 2.05) is 20.8 Å². The van der Waals surface area contributed by atoms with Gasteiger partial charge in [-0.05, 0) is 46.7 Å². The van der Waals surface area contributed by atoms with E-state index in [-0.39, 0.29) is 6.09 Å². The highest BCUT2D eigenvalue weighted by Gasteiger charge is 2.16. The molecule has 1 fully saturated rings. The molecular formula is C13H27N3O3. The van der Waals surface area contributed by atoms with E-state index in [4.69, 9.17) is 4.74 Å². The molecule has 0 aromatic rings. The Kier molecular flexibility index (Phi) is 6.54. The van der Waals surface area contributed by atoms with Crippen molar-refractivity contribution in [1.29, 1.82) is 0 Å². The van der Waals surface area contributed by atoms with Crippen LogP contribution in [0.15, 0.2) is 0 Å². The number of nitrogens with one attached hydrogen (secondary N) is 1. The maximum atomic E-state index is 11.4. The Morgan fingerprint density at radius 2 is 2.00 bits per heavy atom. The molecule has 1 rings (SSSR count). The predicted molar refractivity (Wildman–Crippen MR) is 73.3 cm³/mol. The summed E-state index contributed by atoms with van der Waals surface area (Å²) >= 11 is 0. The minimum Gasteiger partial charge on any atom is -0.444 e. The van der Waals surface area contributed by atoms with Gasteiger partial charge in [-0.25, -0.2) is 4.79 Å². The van der Waals surface area contributed by atoms with E-state index in [9.17, 15) is 10.0 Å². The van der Waals surface area contributed by atoms with E-state index in [0.29, 0.717) is 13.1 Å². The van der Waals surface area contributed by atoms with Gasteiger partial charge in [0.15, 0.2) is 0 Å². The van der Waals surface area contributed by atoms with Crippen molar-refractivity contribution in [2.75, 3.05) is 39.3 Å². The number of carbonyl (C=O) groups is 1. The number of hydroxylamine groups is 2. The van der Waals surface area contributed by atoms with Crippen LogP contribution in [0.2, 0.25) is 0 Å². The zero-order valence-corrected chi connectivity index (χ0v) is 12.3. The minimum absolute atomic E-state index is 0.357. The van der Waals surface area contributed by atoms with Gasteiger partial charge in [0.25, 0.3) is 0 Å². The fourth-order valence-electron chi connectivity index (χ4n) is 1.99. The van der Waals surface area contributed by atoms with Gasteiger partial charge in [0.05, 0.1) is 0 Å². The zero-order chi connectivity index (χ0) is 14.3. The lowest BCUT2D eigenvalue weighted by Gasteiger charge is -2.21. The number of rotatable bonds is 4. The first-order valence-electron chi connectivity index (χ1n) is 7.00. The summed E-state index contributed by atoms with van der Waals surface area (Å²) in [5.74, 6) is 0.